The van der Waals surface area contributed by atoms with Gasteiger partial charge in [0.2, 0.25) is 0 Å². The molecule has 1 aromatic carbocycles. The first-order valence-electron chi connectivity index (χ1n) is 6.28. The maximum atomic E-state index is 12.4. The van der Waals surface area contributed by atoms with Crippen molar-refractivity contribution in [2.24, 2.45) is 0 Å². The first-order chi connectivity index (χ1) is 9.16. The maximum absolute atomic E-state index is 12.4. The first-order valence-corrected chi connectivity index (χ1v) is 7.47. The molecule has 20 heavy (non-hydrogen) atoms. The van der Waals surface area contributed by atoms with Crippen molar-refractivity contribution in [3.8, 4) is 0 Å². The summed E-state index contributed by atoms with van der Waals surface area (Å²) in [7, 11) is 0. The van der Waals surface area contributed by atoms with Gasteiger partial charge < -0.3 is 4.90 Å². The van der Waals surface area contributed by atoms with Gasteiger partial charge in [-0.05, 0) is 57.0 Å². The molecule has 1 aliphatic rings. The van der Waals surface area contributed by atoms with Crippen molar-refractivity contribution in [3.05, 3.63) is 45.0 Å². The van der Waals surface area contributed by atoms with E-state index in [0.29, 0.717) is 15.6 Å². The summed E-state index contributed by atoms with van der Waals surface area (Å²) in [5.41, 5.74) is 1.40. The van der Waals surface area contributed by atoms with Gasteiger partial charge in [-0.3, -0.25) is 4.79 Å². The molecule has 108 valence electrons. The standard InChI is InChI=1S/C15H16Cl3NO/c1-8-9(2)14(20)19(13(8)18)15(3,4)10-5-11(16)7-12(17)6-10/h5-7,13H,1-4H3. The van der Waals surface area contributed by atoms with E-state index in [1.807, 2.05) is 32.9 Å². The number of rotatable bonds is 2. The summed E-state index contributed by atoms with van der Waals surface area (Å²) in [4.78, 5) is 14.1. The van der Waals surface area contributed by atoms with Crippen molar-refractivity contribution >= 4 is 40.7 Å². The molecule has 0 saturated heterocycles. The lowest BCUT2D eigenvalue weighted by Crippen LogP contribution is -2.46. The van der Waals surface area contributed by atoms with Gasteiger partial charge in [0, 0.05) is 15.6 Å². The van der Waals surface area contributed by atoms with Crippen molar-refractivity contribution < 1.29 is 4.79 Å². The minimum Gasteiger partial charge on any atom is -0.309 e. The monoisotopic (exact) mass is 331 g/mol. The van der Waals surface area contributed by atoms with E-state index in [0.717, 1.165) is 11.1 Å². The van der Waals surface area contributed by atoms with E-state index in [2.05, 4.69) is 0 Å². The third kappa shape index (κ3) is 2.45. The van der Waals surface area contributed by atoms with E-state index < -0.39 is 11.0 Å². The van der Waals surface area contributed by atoms with Crippen LogP contribution in [0, 0.1) is 0 Å². The van der Waals surface area contributed by atoms with Crippen LogP contribution in [-0.2, 0) is 10.3 Å². The average molecular weight is 333 g/mol. The second kappa shape index (κ2) is 5.25. The van der Waals surface area contributed by atoms with Crippen molar-refractivity contribution in [1.29, 1.82) is 0 Å². The summed E-state index contributed by atoms with van der Waals surface area (Å²) in [5, 5.41) is 1.08. The Labute approximate surface area is 134 Å². The molecule has 1 amide bonds. The first kappa shape index (κ1) is 15.7. The Bertz CT molecular complexity index is 587. The summed E-state index contributed by atoms with van der Waals surface area (Å²) in [6.45, 7) is 7.56. The smallest absolute Gasteiger partial charge is 0.251 e. The van der Waals surface area contributed by atoms with Crippen LogP contribution in [0.5, 0.6) is 0 Å². The fourth-order valence-corrected chi connectivity index (χ4v) is 3.43. The molecule has 0 aromatic heterocycles. The number of hydrogen-bond donors (Lipinski definition) is 0. The Kier molecular flexibility index (Phi) is 4.12. The van der Waals surface area contributed by atoms with Gasteiger partial charge in [0.25, 0.3) is 5.91 Å². The molecule has 0 bridgehead atoms. The predicted octanol–water partition coefficient (Wildman–Crippen LogP) is 4.97. The van der Waals surface area contributed by atoms with Gasteiger partial charge >= 0.3 is 0 Å². The molecule has 2 nitrogen and oxygen atoms in total. The van der Waals surface area contributed by atoms with Gasteiger partial charge in [-0.15, -0.1) is 0 Å². The molecule has 1 heterocycles. The Balaban J connectivity index is 2.48. The minimum absolute atomic E-state index is 0.0522. The summed E-state index contributed by atoms with van der Waals surface area (Å²) < 4.78 is 0. The van der Waals surface area contributed by atoms with Gasteiger partial charge in [0.1, 0.15) is 5.50 Å². The fourth-order valence-electron chi connectivity index (χ4n) is 2.41. The molecule has 5 heteroatoms. The van der Waals surface area contributed by atoms with Crippen LogP contribution in [0.25, 0.3) is 0 Å². The van der Waals surface area contributed by atoms with Crippen molar-refractivity contribution in [3.63, 3.8) is 0 Å². The molecule has 0 saturated carbocycles. The van der Waals surface area contributed by atoms with Crippen LogP contribution in [0.2, 0.25) is 10.0 Å². The Morgan fingerprint density at radius 2 is 1.60 bits per heavy atom. The highest BCUT2D eigenvalue weighted by Crippen LogP contribution is 2.40. The normalized spacial score (nSPS) is 20.1. The quantitative estimate of drug-likeness (QED) is 0.553. The molecule has 0 N–H and O–H groups in total. The molecule has 1 unspecified atom stereocenters. The van der Waals surface area contributed by atoms with Crippen LogP contribution in [0.3, 0.4) is 0 Å². The number of alkyl halides is 1. The number of benzene rings is 1. The average Bonchev–Trinajstić information content (AvgIpc) is 2.53. The SMILES string of the molecule is CC1=C(C)C(Cl)N(C(C)(C)c2cc(Cl)cc(Cl)c2)C1=O. The van der Waals surface area contributed by atoms with E-state index in [9.17, 15) is 4.79 Å². The van der Waals surface area contributed by atoms with E-state index in [1.54, 1.807) is 17.9 Å². The van der Waals surface area contributed by atoms with Crippen LogP contribution >= 0.6 is 34.8 Å². The second-order valence-electron chi connectivity index (χ2n) is 5.54. The summed E-state index contributed by atoms with van der Waals surface area (Å²) in [6, 6.07) is 5.29. The number of hydrogen-bond acceptors (Lipinski definition) is 1. The molecule has 1 aliphatic heterocycles. The largest absolute Gasteiger partial charge is 0.309 e. The molecule has 1 atom stereocenters. The zero-order valence-corrected chi connectivity index (χ0v) is 14.1. The van der Waals surface area contributed by atoms with E-state index >= 15 is 0 Å². The zero-order chi connectivity index (χ0) is 15.2. The van der Waals surface area contributed by atoms with Crippen molar-refractivity contribution in [2.75, 3.05) is 0 Å². The number of carbonyl (C=O) groups is 1. The van der Waals surface area contributed by atoms with Gasteiger partial charge in [0.05, 0.1) is 5.54 Å². The zero-order valence-electron chi connectivity index (χ0n) is 11.8. The van der Waals surface area contributed by atoms with Crippen LogP contribution in [0.4, 0.5) is 0 Å². The maximum Gasteiger partial charge on any atom is 0.251 e. The lowest BCUT2D eigenvalue weighted by atomic mass is 9.92. The third-order valence-corrected chi connectivity index (χ3v) is 4.85. The van der Waals surface area contributed by atoms with Gasteiger partial charge in [-0.25, -0.2) is 0 Å². The van der Waals surface area contributed by atoms with Crippen LogP contribution in [0.1, 0.15) is 33.3 Å². The molecule has 1 aromatic rings. The van der Waals surface area contributed by atoms with Crippen LogP contribution in [-0.4, -0.2) is 16.3 Å². The Morgan fingerprint density at radius 1 is 1.10 bits per heavy atom. The molecule has 0 fully saturated rings. The van der Waals surface area contributed by atoms with Gasteiger partial charge in [-0.2, -0.15) is 0 Å². The lowest BCUT2D eigenvalue weighted by Gasteiger charge is -2.39. The van der Waals surface area contributed by atoms with Gasteiger partial charge in [0.15, 0.2) is 0 Å². The summed E-state index contributed by atoms with van der Waals surface area (Å²) in [5.74, 6) is -0.0522. The topological polar surface area (TPSA) is 20.3 Å². The Hall–Kier alpha value is -0.700. The number of halogens is 3. The number of carbonyl (C=O) groups excluding carboxylic acids is 1. The van der Waals surface area contributed by atoms with Crippen LogP contribution < -0.4 is 0 Å². The Morgan fingerprint density at radius 3 is 2.00 bits per heavy atom. The molecular weight excluding hydrogens is 317 g/mol. The highest BCUT2D eigenvalue weighted by molar-refractivity contribution is 6.34. The minimum atomic E-state index is -0.600. The highest BCUT2D eigenvalue weighted by Gasteiger charge is 2.43. The summed E-state index contributed by atoms with van der Waals surface area (Å²) >= 11 is 18.5. The van der Waals surface area contributed by atoms with Crippen LogP contribution in [0.15, 0.2) is 29.3 Å². The number of amides is 1. The van der Waals surface area contributed by atoms with E-state index in [-0.39, 0.29) is 5.91 Å². The fraction of sp³-hybridized carbons (Fsp3) is 0.400. The van der Waals surface area contributed by atoms with Gasteiger partial charge in [-0.1, -0.05) is 34.8 Å². The molecule has 0 radical (unpaired) electrons. The van der Waals surface area contributed by atoms with Crippen molar-refractivity contribution in [1.82, 2.24) is 4.90 Å². The van der Waals surface area contributed by atoms with Crippen molar-refractivity contribution in [2.45, 2.75) is 38.7 Å². The lowest BCUT2D eigenvalue weighted by molar-refractivity contribution is -0.131. The van der Waals surface area contributed by atoms with E-state index in [4.69, 9.17) is 34.8 Å². The number of nitrogens with zero attached hydrogens (tertiary/aromatic N) is 1. The molecule has 2 rings (SSSR count). The second-order valence-corrected chi connectivity index (χ2v) is 6.82. The predicted molar refractivity (Wildman–Crippen MR) is 84.3 cm³/mol. The molecule has 0 spiro atoms. The molecular formula is C15H16Cl3NO. The highest BCUT2D eigenvalue weighted by atomic mass is 35.5. The summed E-state index contributed by atoms with van der Waals surface area (Å²) in [6.07, 6.45) is 0. The third-order valence-electron chi connectivity index (χ3n) is 3.89. The van der Waals surface area contributed by atoms with E-state index in [1.165, 1.54) is 0 Å². The molecule has 0 aliphatic carbocycles.